The number of methoxy groups -OCH3 is 1. The first-order valence-electron chi connectivity index (χ1n) is 4.08. The third kappa shape index (κ3) is 3.99. The molecular formula is C8H6ClF3N2O3. The van der Waals surface area contributed by atoms with Gasteiger partial charge in [0.1, 0.15) is 5.69 Å². The Balaban J connectivity index is 3.04. The minimum Gasteiger partial charge on any atom is -0.453 e. The minimum absolute atomic E-state index is 0.350. The van der Waals surface area contributed by atoms with E-state index in [-0.39, 0.29) is 5.15 Å². The molecule has 0 aliphatic carbocycles. The van der Waals surface area contributed by atoms with Crippen molar-refractivity contribution in [1.29, 1.82) is 0 Å². The largest absolute Gasteiger partial charge is 0.573 e. The summed E-state index contributed by atoms with van der Waals surface area (Å²) in [4.78, 5) is 14.4. The van der Waals surface area contributed by atoms with Crippen LogP contribution in [0.1, 0.15) is 0 Å². The third-order valence-corrected chi connectivity index (χ3v) is 1.79. The van der Waals surface area contributed by atoms with Crippen molar-refractivity contribution >= 4 is 23.4 Å². The molecule has 0 aliphatic heterocycles. The van der Waals surface area contributed by atoms with Crippen LogP contribution in [-0.4, -0.2) is 24.5 Å². The van der Waals surface area contributed by atoms with E-state index in [1.165, 1.54) is 0 Å². The number of rotatable bonds is 2. The maximum Gasteiger partial charge on any atom is 0.573 e. The van der Waals surface area contributed by atoms with Gasteiger partial charge in [-0.05, 0) is 0 Å². The number of carbonyl (C=O) groups is 1. The van der Waals surface area contributed by atoms with Crippen molar-refractivity contribution in [3.8, 4) is 5.75 Å². The Kier molecular flexibility index (Phi) is 4.00. The molecule has 9 heteroatoms. The van der Waals surface area contributed by atoms with Crippen LogP contribution in [-0.2, 0) is 4.74 Å². The molecule has 0 bridgehead atoms. The highest BCUT2D eigenvalue weighted by molar-refractivity contribution is 6.32. The number of aromatic nitrogens is 1. The summed E-state index contributed by atoms with van der Waals surface area (Å²) in [5.41, 5.74) is -0.418. The summed E-state index contributed by atoms with van der Waals surface area (Å²) >= 11 is 5.53. The van der Waals surface area contributed by atoms with Crippen molar-refractivity contribution in [2.45, 2.75) is 6.36 Å². The van der Waals surface area contributed by atoms with E-state index in [1.54, 1.807) is 0 Å². The van der Waals surface area contributed by atoms with Crippen LogP contribution in [0.15, 0.2) is 12.3 Å². The number of hydrogen-bond acceptors (Lipinski definition) is 4. The molecule has 0 aliphatic rings. The maximum atomic E-state index is 12.0. The molecule has 1 N–H and O–H groups in total. The maximum absolute atomic E-state index is 12.0. The molecule has 0 fully saturated rings. The first kappa shape index (κ1) is 13.4. The lowest BCUT2D eigenvalue weighted by molar-refractivity contribution is -0.274. The molecule has 1 rings (SSSR count). The van der Waals surface area contributed by atoms with E-state index < -0.39 is 23.9 Å². The van der Waals surface area contributed by atoms with Crippen LogP contribution in [0.5, 0.6) is 5.75 Å². The summed E-state index contributed by atoms with van der Waals surface area (Å²) in [6.45, 7) is 0. The second-order valence-electron chi connectivity index (χ2n) is 2.64. The normalized spacial score (nSPS) is 10.9. The van der Waals surface area contributed by atoms with Crippen molar-refractivity contribution in [1.82, 2.24) is 4.98 Å². The van der Waals surface area contributed by atoms with Gasteiger partial charge in [0.05, 0.1) is 7.11 Å². The second kappa shape index (κ2) is 5.09. The van der Waals surface area contributed by atoms with E-state index >= 15 is 0 Å². The number of halogens is 4. The molecule has 5 nitrogen and oxygen atoms in total. The van der Waals surface area contributed by atoms with Gasteiger partial charge in [-0.1, -0.05) is 11.6 Å². The fraction of sp³-hybridized carbons (Fsp3) is 0.250. The topological polar surface area (TPSA) is 60.5 Å². The number of amides is 1. The summed E-state index contributed by atoms with van der Waals surface area (Å²) in [6.07, 6.45) is -4.89. The summed E-state index contributed by atoms with van der Waals surface area (Å²) in [5.74, 6) is -0.678. The molecular weight excluding hydrogens is 265 g/mol. The Labute approximate surface area is 98.5 Å². The van der Waals surface area contributed by atoms with Gasteiger partial charge < -0.3 is 9.47 Å². The fourth-order valence-corrected chi connectivity index (χ4v) is 1.09. The number of anilines is 1. The Morgan fingerprint density at radius 2 is 2.18 bits per heavy atom. The highest BCUT2D eigenvalue weighted by Gasteiger charge is 2.33. The molecule has 0 aromatic carbocycles. The van der Waals surface area contributed by atoms with Gasteiger partial charge in [0, 0.05) is 12.3 Å². The van der Waals surface area contributed by atoms with Crippen LogP contribution in [0.3, 0.4) is 0 Å². The molecule has 1 aromatic heterocycles. The summed E-state index contributed by atoms with van der Waals surface area (Å²) in [7, 11) is 1.05. The molecule has 0 saturated heterocycles. The highest BCUT2D eigenvalue weighted by Crippen LogP contribution is 2.34. The third-order valence-electron chi connectivity index (χ3n) is 1.50. The lowest BCUT2D eigenvalue weighted by Crippen LogP contribution is -2.20. The fourth-order valence-electron chi connectivity index (χ4n) is 0.896. The van der Waals surface area contributed by atoms with Gasteiger partial charge in [-0.15, -0.1) is 13.2 Å². The van der Waals surface area contributed by atoms with Crippen LogP contribution in [0.4, 0.5) is 23.7 Å². The molecule has 1 aromatic rings. The van der Waals surface area contributed by atoms with Crippen LogP contribution in [0.2, 0.25) is 5.15 Å². The van der Waals surface area contributed by atoms with Crippen molar-refractivity contribution in [2.24, 2.45) is 0 Å². The van der Waals surface area contributed by atoms with Crippen molar-refractivity contribution in [3.05, 3.63) is 17.4 Å². The van der Waals surface area contributed by atoms with E-state index in [9.17, 15) is 18.0 Å². The Bertz CT molecular complexity index is 425. The van der Waals surface area contributed by atoms with Gasteiger partial charge in [0.15, 0.2) is 10.9 Å². The van der Waals surface area contributed by atoms with Crippen LogP contribution in [0, 0.1) is 0 Å². The van der Waals surface area contributed by atoms with Crippen molar-refractivity contribution < 1.29 is 27.4 Å². The van der Waals surface area contributed by atoms with Gasteiger partial charge in [0.25, 0.3) is 0 Å². The minimum atomic E-state index is -4.91. The number of pyridine rings is 1. The summed E-state index contributed by atoms with van der Waals surface area (Å²) in [5, 5.41) is 1.62. The van der Waals surface area contributed by atoms with E-state index in [4.69, 9.17) is 11.6 Å². The monoisotopic (exact) mass is 270 g/mol. The van der Waals surface area contributed by atoms with E-state index in [0.29, 0.717) is 0 Å². The molecule has 0 spiro atoms. The molecule has 1 heterocycles. The van der Waals surface area contributed by atoms with E-state index in [1.807, 2.05) is 5.32 Å². The summed E-state index contributed by atoms with van der Waals surface area (Å²) in [6, 6.07) is 0.907. The molecule has 1 amide bonds. The molecule has 17 heavy (non-hydrogen) atoms. The number of alkyl halides is 3. The summed E-state index contributed by atoms with van der Waals surface area (Å²) < 4.78 is 44.0. The predicted octanol–water partition coefficient (Wildman–Crippen LogP) is 2.81. The highest BCUT2D eigenvalue weighted by atomic mass is 35.5. The lowest BCUT2D eigenvalue weighted by Gasteiger charge is -2.13. The molecule has 94 valence electrons. The zero-order valence-corrected chi connectivity index (χ0v) is 9.09. The average Bonchev–Trinajstić information content (AvgIpc) is 2.20. The number of carbonyl (C=O) groups excluding carboxylic acids is 1. The standard InChI is InChI=1S/C8H6ClF3N2O3/c1-16-7(15)14-5-4(17-8(10,11)12)2-3-13-6(5)9/h2-3H,1H3,(H,14,15). The zero-order valence-electron chi connectivity index (χ0n) is 8.34. The first-order chi connectivity index (χ1) is 7.83. The smallest absolute Gasteiger partial charge is 0.453 e. The SMILES string of the molecule is COC(=O)Nc1c(OC(F)(F)F)ccnc1Cl. The molecule has 0 saturated carbocycles. The van der Waals surface area contributed by atoms with Crippen molar-refractivity contribution in [3.63, 3.8) is 0 Å². The van der Waals surface area contributed by atoms with Gasteiger partial charge in [0.2, 0.25) is 0 Å². The van der Waals surface area contributed by atoms with Crippen LogP contribution < -0.4 is 10.1 Å². The Morgan fingerprint density at radius 1 is 1.53 bits per heavy atom. The molecule has 0 atom stereocenters. The number of nitrogens with one attached hydrogen (secondary N) is 1. The zero-order chi connectivity index (χ0) is 13.1. The number of nitrogens with zero attached hydrogens (tertiary/aromatic N) is 1. The van der Waals surface area contributed by atoms with E-state index in [2.05, 4.69) is 14.5 Å². The second-order valence-corrected chi connectivity index (χ2v) is 3.00. The number of hydrogen-bond donors (Lipinski definition) is 1. The van der Waals surface area contributed by atoms with Crippen LogP contribution in [0.25, 0.3) is 0 Å². The lowest BCUT2D eigenvalue weighted by atomic mass is 10.4. The molecule has 0 unspecified atom stereocenters. The first-order valence-corrected chi connectivity index (χ1v) is 4.46. The Hall–Kier alpha value is -1.70. The van der Waals surface area contributed by atoms with Gasteiger partial charge in [-0.3, -0.25) is 5.32 Å². The number of ether oxygens (including phenoxy) is 2. The average molecular weight is 271 g/mol. The van der Waals surface area contributed by atoms with E-state index in [0.717, 1.165) is 19.4 Å². The van der Waals surface area contributed by atoms with Gasteiger partial charge >= 0.3 is 12.5 Å². The quantitative estimate of drug-likeness (QED) is 0.840. The van der Waals surface area contributed by atoms with Crippen molar-refractivity contribution in [2.75, 3.05) is 12.4 Å². The van der Waals surface area contributed by atoms with Gasteiger partial charge in [-0.2, -0.15) is 0 Å². The van der Waals surface area contributed by atoms with Crippen LogP contribution >= 0.6 is 11.6 Å². The van der Waals surface area contributed by atoms with Gasteiger partial charge in [-0.25, -0.2) is 9.78 Å². The Morgan fingerprint density at radius 3 is 2.71 bits per heavy atom. The predicted molar refractivity (Wildman–Crippen MR) is 52.0 cm³/mol. The molecule has 0 radical (unpaired) electrons.